The Morgan fingerprint density at radius 3 is 2.38 bits per heavy atom. The van der Waals surface area contributed by atoms with Crippen molar-refractivity contribution in [3.8, 4) is 0 Å². The molecule has 2 aromatic rings. The van der Waals surface area contributed by atoms with Crippen LogP contribution >= 0.6 is 0 Å². The van der Waals surface area contributed by atoms with Gasteiger partial charge in [-0.2, -0.15) is 0 Å². The molecule has 1 aromatic heterocycles. The average molecular weight is 536 g/mol. The minimum Gasteiger partial charge on any atom is -0.371 e. The maximum atomic E-state index is 12.3. The third-order valence-corrected chi connectivity index (χ3v) is 8.75. The van der Waals surface area contributed by atoms with Crippen molar-refractivity contribution in [1.82, 2.24) is 19.8 Å². The number of rotatable bonds is 8. The van der Waals surface area contributed by atoms with Crippen molar-refractivity contribution in [3.63, 3.8) is 0 Å². The van der Waals surface area contributed by atoms with Gasteiger partial charge in [0.2, 0.25) is 0 Å². The lowest BCUT2D eigenvalue weighted by Crippen LogP contribution is -2.52. The minimum absolute atomic E-state index is 0.0885. The van der Waals surface area contributed by atoms with Gasteiger partial charge in [-0.25, -0.2) is 9.97 Å². The van der Waals surface area contributed by atoms with E-state index in [0.717, 1.165) is 43.7 Å². The molecule has 0 bridgehead atoms. The summed E-state index contributed by atoms with van der Waals surface area (Å²) < 4.78 is 0. The minimum atomic E-state index is -0.597. The van der Waals surface area contributed by atoms with Crippen molar-refractivity contribution in [1.29, 1.82) is 0 Å². The maximum Gasteiger partial charge on any atom is 0.271 e. The van der Waals surface area contributed by atoms with Crippen LogP contribution in [0.5, 0.6) is 0 Å². The SMILES string of the molecule is CCc1nc(C(N)=O)c(Nc2ccc(N3CCC(N4CCN(C)CC4)CC3)c(C)c2)nc1N[C@@H]1CCC[C@H]1N. The first-order valence-corrected chi connectivity index (χ1v) is 14.6. The topological polar surface area (TPSA) is 129 Å². The van der Waals surface area contributed by atoms with Crippen molar-refractivity contribution in [2.45, 2.75) is 70.5 Å². The number of carbonyl (C=O) groups excluding carboxylic acids is 1. The van der Waals surface area contributed by atoms with Gasteiger partial charge >= 0.3 is 0 Å². The van der Waals surface area contributed by atoms with Crippen LogP contribution in [0.2, 0.25) is 0 Å². The molecule has 212 valence electrons. The Bertz CT molecular complexity index is 1160. The highest BCUT2D eigenvalue weighted by molar-refractivity contribution is 5.96. The summed E-state index contributed by atoms with van der Waals surface area (Å²) in [4.78, 5) is 29.3. The average Bonchev–Trinajstić information content (AvgIpc) is 3.33. The van der Waals surface area contributed by atoms with Crippen LogP contribution in [0, 0.1) is 6.92 Å². The van der Waals surface area contributed by atoms with Crippen LogP contribution in [-0.2, 0) is 6.42 Å². The normalized spacial score (nSPS) is 23.2. The van der Waals surface area contributed by atoms with Gasteiger partial charge in [-0.3, -0.25) is 9.69 Å². The van der Waals surface area contributed by atoms with E-state index in [9.17, 15) is 4.79 Å². The number of hydrogen-bond acceptors (Lipinski definition) is 9. The summed E-state index contributed by atoms with van der Waals surface area (Å²) in [5, 5.41) is 6.82. The van der Waals surface area contributed by atoms with E-state index in [1.54, 1.807) is 0 Å². The maximum absolute atomic E-state index is 12.3. The van der Waals surface area contributed by atoms with E-state index in [1.165, 1.54) is 50.3 Å². The van der Waals surface area contributed by atoms with E-state index in [4.69, 9.17) is 16.5 Å². The summed E-state index contributed by atoms with van der Waals surface area (Å²) in [6.45, 7) is 11.0. The Morgan fingerprint density at radius 1 is 1.03 bits per heavy atom. The number of nitrogens with one attached hydrogen (secondary N) is 2. The number of amides is 1. The predicted octanol–water partition coefficient (Wildman–Crippen LogP) is 2.70. The first-order chi connectivity index (χ1) is 18.8. The molecule has 10 nitrogen and oxygen atoms in total. The highest BCUT2D eigenvalue weighted by atomic mass is 16.1. The Kier molecular flexibility index (Phi) is 8.54. The van der Waals surface area contributed by atoms with Gasteiger partial charge in [-0.05, 0) is 76.3 Å². The molecule has 0 radical (unpaired) electrons. The first kappa shape index (κ1) is 27.6. The number of hydrogen-bond donors (Lipinski definition) is 4. The van der Waals surface area contributed by atoms with Crippen LogP contribution < -0.4 is 27.0 Å². The second-order valence-corrected chi connectivity index (χ2v) is 11.5. The zero-order valence-corrected chi connectivity index (χ0v) is 23.7. The number of piperazine rings is 1. The van der Waals surface area contributed by atoms with Gasteiger partial charge in [0.05, 0.1) is 5.69 Å². The second kappa shape index (κ2) is 12.1. The van der Waals surface area contributed by atoms with E-state index < -0.39 is 5.91 Å². The van der Waals surface area contributed by atoms with Gasteiger partial charge in [0.15, 0.2) is 17.3 Å². The molecule has 0 spiro atoms. The van der Waals surface area contributed by atoms with Gasteiger partial charge in [-0.1, -0.05) is 6.92 Å². The number of primary amides is 1. The number of nitrogens with two attached hydrogens (primary N) is 2. The fraction of sp³-hybridized carbons (Fsp3) is 0.621. The van der Waals surface area contributed by atoms with Crippen molar-refractivity contribution in [2.75, 3.05) is 61.8 Å². The number of aromatic nitrogens is 2. The number of likely N-dealkylation sites (N-methyl/N-ethyl adjacent to an activating group) is 1. The molecule has 1 amide bonds. The largest absolute Gasteiger partial charge is 0.371 e. The van der Waals surface area contributed by atoms with E-state index >= 15 is 0 Å². The summed E-state index contributed by atoms with van der Waals surface area (Å²) in [7, 11) is 2.21. The molecule has 2 aliphatic heterocycles. The third kappa shape index (κ3) is 6.28. The molecule has 3 fully saturated rings. The fourth-order valence-corrected chi connectivity index (χ4v) is 6.32. The Morgan fingerprint density at radius 2 is 1.77 bits per heavy atom. The fourth-order valence-electron chi connectivity index (χ4n) is 6.32. The highest BCUT2D eigenvalue weighted by Crippen LogP contribution is 2.31. The Labute approximate surface area is 232 Å². The number of nitrogens with zero attached hydrogens (tertiary/aromatic N) is 5. The van der Waals surface area contributed by atoms with Crippen molar-refractivity contribution < 1.29 is 4.79 Å². The van der Waals surface area contributed by atoms with Crippen LogP contribution in [0.1, 0.15) is 60.8 Å². The molecule has 1 aliphatic carbocycles. The molecule has 2 saturated heterocycles. The van der Waals surface area contributed by atoms with Crippen molar-refractivity contribution >= 4 is 28.9 Å². The molecular formula is C29H45N9O. The van der Waals surface area contributed by atoms with Crippen LogP contribution in [0.4, 0.5) is 23.0 Å². The van der Waals surface area contributed by atoms with E-state index in [1.807, 2.05) is 6.92 Å². The first-order valence-electron chi connectivity index (χ1n) is 14.6. The number of aryl methyl sites for hydroxylation is 2. The molecular weight excluding hydrogens is 490 g/mol. The second-order valence-electron chi connectivity index (χ2n) is 11.5. The summed E-state index contributed by atoms with van der Waals surface area (Å²) in [5.74, 6) is 0.443. The predicted molar refractivity (Wildman–Crippen MR) is 158 cm³/mol. The van der Waals surface area contributed by atoms with Gasteiger partial charge in [0.1, 0.15) is 0 Å². The zero-order valence-electron chi connectivity index (χ0n) is 23.7. The number of piperidine rings is 1. The van der Waals surface area contributed by atoms with Gasteiger partial charge in [0, 0.05) is 68.8 Å². The van der Waals surface area contributed by atoms with E-state index in [0.29, 0.717) is 24.1 Å². The molecule has 3 heterocycles. The highest BCUT2D eigenvalue weighted by Gasteiger charge is 2.28. The lowest BCUT2D eigenvalue weighted by Gasteiger charge is -2.43. The molecule has 1 saturated carbocycles. The standard InChI is InChI=1S/C29H45N9O/c1-4-23-28(34-24-7-5-6-22(24)30)35-29(26(33-23)27(31)39)32-20-8-9-25(19(2)18-20)38-12-10-21(11-13-38)37-16-14-36(3)15-17-37/h8-9,18,21-22,24H,4-7,10-17,30H2,1-3H3,(H2,31,39)(H2,32,34,35)/t22-,24-/m1/s1. The van der Waals surface area contributed by atoms with Gasteiger partial charge in [0.25, 0.3) is 5.91 Å². The monoisotopic (exact) mass is 535 g/mol. The summed E-state index contributed by atoms with van der Waals surface area (Å²) in [6.07, 6.45) is 6.13. The van der Waals surface area contributed by atoms with E-state index in [-0.39, 0.29) is 17.8 Å². The van der Waals surface area contributed by atoms with Crippen molar-refractivity contribution in [3.05, 3.63) is 35.2 Å². The Balaban J connectivity index is 1.29. The van der Waals surface area contributed by atoms with Gasteiger partial charge < -0.3 is 31.9 Å². The van der Waals surface area contributed by atoms with E-state index in [2.05, 4.69) is 62.5 Å². The van der Waals surface area contributed by atoms with Crippen molar-refractivity contribution in [2.24, 2.45) is 11.5 Å². The molecule has 39 heavy (non-hydrogen) atoms. The number of benzene rings is 1. The molecule has 6 N–H and O–H groups in total. The molecule has 3 aliphatic rings. The lowest BCUT2D eigenvalue weighted by atomic mass is 10.0. The van der Waals surface area contributed by atoms with Gasteiger partial charge in [-0.15, -0.1) is 0 Å². The summed E-state index contributed by atoms with van der Waals surface area (Å²) in [6, 6.07) is 7.26. The van der Waals surface area contributed by atoms with Crippen LogP contribution in [-0.4, -0.2) is 90.1 Å². The molecule has 5 rings (SSSR count). The number of carbonyl (C=O) groups is 1. The smallest absolute Gasteiger partial charge is 0.271 e. The summed E-state index contributed by atoms with van der Waals surface area (Å²) >= 11 is 0. The molecule has 10 heteroatoms. The Hall–Kier alpha value is -2.95. The number of anilines is 4. The summed E-state index contributed by atoms with van der Waals surface area (Å²) in [5.41, 5.74) is 16.2. The zero-order chi connectivity index (χ0) is 27.5. The quantitative estimate of drug-likeness (QED) is 0.403. The molecule has 0 unspecified atom stereocenters. The molecule has 2 atom stereocenters. The lowest BCUT2D eigenvalue weighted by molar-refractivity contribution is 0.0982. The van der Waals surface area contributed by atoms with Crippen LogP contribution in [0.25, 0.3) is 0 Å². The van der Waals surface area contributed by atoms with Crippen LogP contribution in [0.15, 0.2) is 18.2 Å². The van der Waals surface area contributed by atoms with Crippen LogP contribution in [0.3, 0.4) is 0 Å². The third-order valence-electron chi connectivity index (χ3n) is 8.75. The molecule has 1 aromatic carbocycles.